The van der Waals surface area contributed by atoms with Gasteiger partial charge in [-0.05, 0) is 20.8 Å². The van der Waals surface area contributed by atoms with Gasteiger partial charge in [-0.15, -0.1) is 0 Å². The maximum Gasteiger partial charge on any atom is 0.159 e. The average Bonchev–Trinajstić information content (AvgIpc) is 2.49. The first-order valence-electron chi connectivity index (χ1n) is 6.88. The van der Waals surface area contributed by atoms with Crippen LogP contribution in [0.25, 0.3) is 11.3 Å². The molecular weight excluding hydrogens is 250 g/mol. The van der Waals surface area contributed by atoms with Crippen molar-refractivity contribution >= 4 is 5.82 Å². The second-order valence-corrected chi connectivity index (χ2v) is 4.68. The Labute approximate surface area is 120 Å². The number of rotatable bonds is 5. The summed E-state index contributed by atoms with van der Waals surface area (Å²) in [5, 5.41) is 3.30. The molecule has 0 spiro atoms. The fraction of sp³-hybridized carbons (Fsp3) is 0.375. The highest BCUT2D eigenvalue weighted by Gasteiger charge is 2.15. The highest BCUT2D eigenvalue weighted by molar-refractivity contribution is 5.68. The second-order valence-electron chi connectivity index (χ2n) is 4.68. The van der Waals surface area contributed by atoms with Gasteiger partial charge in [0.05, 0.1) is 5.69 Å². The fourth-order valence-corrected chi connectivity index (χ4v) is 2.04. The van der Waals surface area contributed by atoms with E-state index in [1.807, 2.05) is 32.0 Å². The number of hydrogen-bond donors (Lipinski definition) is 1. The zero-order valence-corrected chi connectivity index (χ0v) is 12.5. The van der Waals surface area contributed by atoms with Crippen molar-refractivity contribution in [1.82, 2.24) is 9.97 Å². The lowest BCUT2D eigenvalue weighted by molar-refractivity contribution is 0.112. The number of anilines is 1. The van der Waals surface area contributed by atoms with E-state index in [1.54, 1.807) is 7.11 Å². The standard InChI is InChI=1S/C16H21N3O/c1-5-17-15-11(2)14(13-9-7-6-8-10-13)18-16(19-15)12(3)20-4/h6-10,12H,5H2,1-4H3,(H,17,18,19). The minimum absolute atomic E-state index is 0.129. The molecule has 0 saturated heterocycles. The Hall–Kier alpha value is -1.94. The van der Waals surface area contributed by atoms with Crippen molar-refractivity contribution in [3.63, 3.8) is 0 Å². The van der Waals surface area contributed by atoms with Gasteiger partial charge in [-0.25, -0.2) is 9.97 Å². The minimum atomic E-state index is -0.129. The summed E-state index contributed by atoms with van der Waals surface area (Å²) in [6, 6.07) is 10.2. The van der Waals surface area contributed by atoms with Gasteiger partial charge in [-0.2, -0.15) is 0 Å². The van der Waals surface area contributed by atoms with Crippen molar-refractivity contribution in [3.05, 3.63) is 41.7 Å². The van der Waals surface area contributed by atoms with Crippen LogP contribution in [-0.2, 0) is 4.74 Å². The van der Waals surface area contributed by atoms with Crippen molar-refractivity contribution < 1.29 is 4.74 Å². The molecule has 0 aliphatic heterocycles. The van der Waals surface area contributed by atoms with E-state index in [1.165, 1.54) is 0 Å². The van der Waals surface area contributed by atoms with Gasteiger partial charge in [0.25, 0.3) is 0 Å². The average molecular weight is 271 g/mol. The molecule has 1 unspecified atom stereocenters. The minimum Gasteiger partial charge on any atom is -0.374 e. The Balaban J connectivity index is 2.57. The summed E-state index contributed by atoms with van der Waals surface area (Å²) in [6.07, 6.45) is -0.129. The first-order valence-corrected chi connectivity index (χ1v) is 6.88. The number of benzene rings is 1. The quantitative estimate of drug-likeness (QED) is 0.902. The van der Waals surface area contributed by atoms with Gasteiger partial charge in [0.1, 0.15) is 11.9 Å². The maximum atomic E-state index is 5.35. The number of nitrogens with zero attached hydrogens (tertiary/aromatic N) is 2. The summed E-state index contributed by atoms with van der Waals surface area (Å²) in [7, 11) is 1.67. The molecule has 4 heteroatoms. The molecule has 20 heavy (non-hydrogen) atoms. The van der Waals surface area contributed by atoms with Crippen molar-refractivity contribution in [2.75, 3.05) is 19.0 Å². The molecule has 0 fully saturated rings. The Bertz CT molecular complexity index is 569. The zero-order valence-electron chi connectivity index (χ0n) is 12.5. The van der Waals surface area contributed by atoms with Gasteiger partial charge < -0.3 is 10.1 Å². The van der Waals surface area contributed by atoms with Crippen LogP contribution in [0.1, 0.15) is 31.3 Å². The molecule has 0 saturated carbocycles. The molecule has 106 valence electrons. The molecule has 0 aliphatic carbocycles. The largest absolute Gasteiger partial charge is 0.374 e. The molecule has 0 bridgehead atoms. The molecular formula is C16H21N3O. The molecule has 2 aromatic rings. The lowest BCUT2D eigenvalue weighted by atomic mass is 10.1. The smallest absolute Gasteiger partial charge is 0.159 e. The third-order valence-corrected chi connectivity index (χ3v) is 3.27. The third-order valence-electron chi connectivity index (χ3n) is 3.27. The Kier molecular flexibility index (Phi) is 4.69. The maximum absolute atomic E-state index is 5.35. The van der Waals surface area contributed by atoms with Crippen LogP contribution in [0, 0.1) is 6.92 Å². The van der Waals surface area contributed by atoms with E-state index in [0.29, 0.717) is 5.82 Å². The van der Waals surface area contributed by atoms with Gasteiger partial charge >= 0.3 is 0 Å². The van der Waals surface area contributed by atoms with Gasteiger partial charge in [0, 0.05) is 24.8 Å². The Morgan fingerprint density at radius 2 is 1.90 bits per heavy atom. The highest BCUT2D eigenvalue weighted by Crippen LogP contribution is 2.27. The van der Waals surface area contributed by atoms with E-state index in [4.69, 9.17) is 4.74 Å². The van der Waals surface area contributed by atoms with Crippen LogP contribution in [0.15, 0.2) is 30.3 Å². The van der Waals surface area contributed by atoms with E-state index < -0.39 is 0 Å². The lowest BCUT2D eigenvalue weighted by Gasteiger charge is -2.16. The predicted molar refractivity (Wildman–Crippen MR) is 81.8 cm³/mol. The van der Waals surface area contributed by atoms with Crippen LogP contribution in [0.3, 0.4) is 0 Å². The van der Waals surface area contributed by atoms with E-state index >= 15 is 0 Å². The van der Waals surface area contributed by atoms with Crippen LogP contribution in [0.5, 0.6) is 0 Å². The lowest BCUT2D eigenvalue weighted by Crippen LogP contribution is -2.10. The van der Waals surface area contributed by atoms with E-state index in [9.17, 15) is 0 Å². The molecule has 0 aliphatic rings. The topological polar surface area (TPSA) is 47.0 Å². The van der Waals surface area contributed by atoms with Crippen LogP contribution < -0.4 is 5.32 Å². The fourth-order valence-electron chi connectivity index (χ4n) is 2.04. The van der Waals surface area contributed by atoms with Crippen molar-refractivity contribution in [3.8, 4) is 11.3 Å². The van der Waals surface area contributed by atoms with Crippen molar-refractivity contribution in [1.29, 1.82) is 0 Å². The predicted octanol–water partition coefficient (Wildman–Crippen LogP) is 3.59. The van der Waals surface area contributed by atoms with E-state index in [0.717, 1.165) is 29.2 Å². The summed E-state index contributed by atoms with van der Waals surface area (Å²) >= 11 is 0. The molecule has 0 amide bonds. The zero-order chi connectivity index (χ0) is 14.5. The first-order chi connectivity index (χ1) is 9.67. The molecule has 4 nitrogen and oxygen atoms in total. The molecule has 1 heterocycles. The summed E-state index contributed by atoms with van der Waals surface area (Å²) in [6.45, 7) is 6.88. The molecule has 1 aromatic heterocycles. The van der Waals surface area contributed by atoms with Gasteiger partial charge in [-0.3, -0.25) is 0 Å². The van der Waals surface area contributed by atoms with Crippen LogP contribution >= 0.6 is 0 Å². The summed E-state index contributed by atoms with van der Waals surface area (Å²) in [4.78, 5) is 9.25. The van der Waals surface area contributed by atoms with Crippen LogP contribution in [0.4, 0.5) is 5.82 Å². The van der Waals surface area contributed by atoms with Crippen LogP contribution in [0.2, 0.25) is 0 Å². The van der Waals surface area contributed by atoms with Crippen molar-refractivity contribution in [2.45, 2.75) is 26.9 Å². The van der Waals surface area contributed by atoms with Gasteiger partial charge in [0.2, 0.25) is 0 Å². The molecule has 1 N–H and O–H groups in total. The number of nitrogens with one attached hydrogen (secondary N) is 1. The van der Waals surface area contributed by atoms with Crippen molar-refractivity contribution in [2.24, 2.45) is 0 Å². The third kappa shape index (κ3) is 2.96. The van der Waals surface area contributed by atoms with Crippen LogP contribution in [-0.4, -0.2) is 23.6 Å². The number of ether oxygens (including phenoxy) is 1. The normalized spacial score (nSPS) is 12.2. The summed E-state index contributed by atoms with van der Waals surface area (Å²) in [5.74, 6) is 1.58. The van der Waals surface area contributed by atoms with E-state index in [-0.39, 0.29) is 6.10 Å². The van der Waals surface area contributed by atoms with E-state index in [2.05, 4.69) is 34.3 Å². The Morgan fingerprint density at radius 1 is 1.20 bits per heavy atom. The van der Waals surface area contributed by atoms with Gasteiger partial charge in [0.15, 0.2) is 5.82 Å². The molecule has 0 radical (unpaired) electrons. The molecule has 1 atom stereocenters. The number of aromatic nitrogens is 2. The molecule has 1 aromatic carbocycles. The highest BCUT2D eigenvalue weighted by atomic mass is 16.5. The number of hydrogen-bond acceptors (Lipinski definition) is 4. The SMILES string of the molecule is CCNc1nc(C(C)OC)nc(-c2ccccc2)c1C. The van der Waals surface area contributed by atoms with Gasteiger partial charge in [-0.1, -0.05) is 30.3 Å². The molecule has 2 rings (SSSR count). The first kappa shape index (κ1) is 14.5. The summed E-state index contributed by atoms with van der Waals surface area (Å²) in [5.41, 5.74) is 3.11. The second kappa shape index (κ2) is 6.48. The monoisotopic (exact) mass is 271 g/mol. The number of methoxy groups -OCH3 is 1. The summed E-state index contributed by atoms with van der Waals surface area (Å²) < 4.78 is 5.35. The Morgan fingerprint density at radius 3 is 2.50 bits per heavy atom.